The van der Waals surface area contributed by atoms with Gasteiger partial charge in [-0.05, 0) is 42.3 Å². The third-order valence-corrected chi connectivity index (χ3v) is 6.91. The third kappa shape index (κ3) is 5.70. The first-order valence-corrected chi connectivity index (χ1v) is 12.1. The van der Waals surface area contributed by atoms with E-state index in [1.54, 1.807) is 57.3 Å². The van der Waals surface area contributed by atoms with Crippen molar-refractivity contribution in [1.82, 2.24) is 18.4 Å². The third-order valence-electron chi connectivity index (χ3n) is 4.64. The molecule has 1 unspecified atom stereocenters. The highest BCUT2D eigenvalue weighted by Gasteiger charge is 2.31. The number of ether oxygens (including phenoxy) is 1. The van der Waals surface area contributed by atoms with E-state index in [2.05, 4.69) is 13.5 Å². The number of sulfonamides is 1. The van der Waals surface area contributed by atoms with Gasteiger partial charge in [0.05, 0.1) is 18.3 Å². The van der Waals surface area contributed by atoms with Gasteiger partial charge >= 0.3 is 0 Å². The normalized spacial score (nSPS) is 12.8. The van der Waals surface area contributed by atoms with Gasteiger partial charge in [-0.15, -0.1) is 0 Å². The van der Waals surface area contributed by atoms with Crippen molar-refractivity contribution in [3.63, 3.8) is 0 Å². The van der Waals surface area contributed by atoms with Gasteiger partial charge in [0, 0.05) is 12.1 Å². The van der Waals surface area contributed by atoms with Gasteiger partial charge in [-0.1, -0.05) is 31.5 Å². The second-order valence-electron chi connectivity index (χ2n) is 7.29. The minimum atomic E-state index is -3.98. The maximum Gasteiger partial charge on any atom is 0.243 e. The zero-order valence-electron chi connectivity index (χ0n) is 17.3. The van der Waals surface area contributed by atoms with Crippen molar-refractivity contribution >= 4 is 50.3 Å². The van der Waals surface area contributed by atoms with Gasteiger partial charge in [-0.2, -0.15) is 13.5 Å². The topological polar surface area (TPSA) is 101 Å². The van der Waals surface area contributed by atoms with Crippen LogP contribution >= 0.6 is 23.3 Å². The molecule has 11 heteroatoms. The fourth-order valence-corrected chi connectivity index (χ4v) is 5.11. The minimum Gasteiger partial charge on any atom is -0.492 e. The summed E-state index contributed by atoms with van der Waals surface area (Å²) < 4.78 is 42.4. The molecule has 3 aromatic rings. The first kappa shape index (κ1) is 23.4. The van der Waals surface area contributed by atoms with Crippen LogP contribution in [-0.2, 0) is 14.8 Å². The van der Waals surface area contributed by atoms with Gasteiger partial charge in [0.2, 0.25) is 15.9 Å². The summed E-state index contributed by atoms with van der Waals surface area (Å²) in [5.41, 5.74) is 0.788. The Balaban J connectivity index is 1.68. The number of likely N-dealkylation sites (N-methyl/N-ethyl adjacent to an activating group) is 1. The lowest BCUT2D eigenvalue weighted by Crippen LogP contribution is -2.50. The zero-order valence-corrected chi connectivity index (χ0v) is 19.7. The molecule has 0 fully saturated rings. The van der Waals surface area contributed by atoms with E-state index in [-0.39, 0.29) is 29.9 Å². The number of fused-ring (bicyclic) bond motifs is 1. The molecule has 0 saturated carbocycles. The van der Waals surface area contributed by atoms with Gasteiger partial charge in [0.15, 0.2) is 0 Å². The minimum absolute atomic E-state index is 0.00549. The number of nitrogens with one attached hydrogen (secondary N) is 1. The van der Waals surface area contributed by atoms with E-state index < -0.39 is 16.1 Å². The average molecular weight is 483 g/mol. The van der Waals surface area contributed by atoms with E-state index in [0.717, 1.165) is 11.7 Å². The first-order valence-electron chi connectivity index (χ1n) is 9.56. The SMILES string of the molecule is CC(C)C(NS(=O)(=O)c1cccc2nsnc12)C(=O)N(C)CCOc1ccc(Cl)cc1. The molecule has 2 aromatic carbocycles. The number of nitrogens with zero attached hydrogens (tertiary/aromatic N) is 3. The molecule has 1 aromatic heterocycles. The number of halogens is 1. The summed E-state index contributed by atoms with van der Waals surface area (Å²) in [6.45, 7) is 4.12. The number of rotatable bonds is 9. The lowest BCUT2D eigenvalue weighted by molar-refractivity contribution is -0.133. The molecular formula is C20H23ClN4O4S2. The number of hydrogen-bond donors (Lipinski definition) is 1. The average Bonchev–Trinajstić information content (AvgIpc) is 3.21. The molecule has 0 aliphatic heterocycles. The number of benzene rings is 2. The number of aromatic nitrogens is 2. The highest BCUT2D eigenvalue weighted by atomic mass is 35.5. The second-order valence-corrected chi connectivity index (χ2v) is 9.94. The summed E-state index contributed by atoms with van der Waals surface area (Å²) in [4.78, 5) is 14.5. The van der Waals surface area contributed by atoms with Crippen molar-refractivity contribution in [2.24, 2.45) is 5.92 Å². The lowest BCUT2D eigenvalue weighted by atomic mass is 10.0. The van der Waals surface area contributed by atoms with Gasteiger partial charge in [0.1, 0.15) is 34.3 Å². The van der Waals surface area contributed by atoms with Crippen molar-refractivity contribution in [2.45, 2.75) is 24.8 Å². The molecule has 0 aliphatic carbocycles. The van der Waals surface area contributed by atoms with E-state index in [1.165, 1.54) is 11.0 Å². The van der Waals surface area contributed by atoms with Crippen molar-refractivity contribution < 1.29 is 17.9 Å². The Morgan fingerprint density at radius 2 is 1.90 bits per heavy atom. The van der Waals surface area contributed by atoms with E-state index in [1.807, 2.05) is 0 Å². The van der Waals surface area contributed by atoms with Gasteiger partial charge < -0.3 is 9.64 Å². The number of hydrogen-bond acceptors (Lipinski definition) is 7. The maximum absolute atomic E-state index is 13.0. The van der Waals surface area contributed by atoms with Gasteiger partial charge in [-0.3, -0.25) is 4.79 Å². The second kappa shape index (κ2) is 9.90. The van der Waals surface area contributed by atoms with E-state index in [4.69, 9.17) is 16.3 Å². The smallest absolute Gasteiger partial charge is 0.243 e. The molecule has 0 radical (unpaired) electrons. The highest BCUT2D eigenvalue weighted by molar-refractivity contribution is 7.89. The van der Waals surface area contributed by atoms with Crippen LogP contribution in [0, 0.1) is 5.92 Å². The van der Waals surface area contributed by atoms with Crippen molar-refractivity contribution in [1.29, 1.82) is 0 Å². The summed E-state index contributed by atoms with van der Waals surface area (Å²) in [6, 6.07) is 10.7. The molecule has 3 rings (SSSR count). The number of carbonyl (C=O) groups excluding carboxylic acids is 1. The van der Waals surface area contributed by atoms with Crippen molar-refractivity contribution in [3.05, 3.63) is 47.5 Å². The Kier molecular flexibility index (Phi) is 7.47. The van der Waals surface area contributed by atoms with Crippen LogP contribution in [0.5, 0.6) is 5.75 Å². The number of amides is 1. The quantitative estimate of drug-likeness (QED) is 0.502. The van der Waals surface area contributed by atoms with Crippen molar-refractivity contribution in [3.8, 4) is 5.75 Å². The Morgan fingerprint density at radius 3 is 2.58 bits per heavy atom. The molecule has 1 heterocycles. The molecule has 31 heavy (non-hydrogen) atoms. The molecule has 1 atom stereocenters. The summed E-state index contributed by atoms with van der Waals surface area (Å²) >= 11 is 6.79. The van der Waals surface area contributed by atoms with E-state index >= 15 is 0 Å². The van der Waals surface area contributed by atoms with E-state index in [0.29, 0.717) is 21.8 Å². The molecule has 0 saturated heterocycles. The first-order chi connectivity index (χ1) is 14.7. The molecule has 0 aliphatic rings. The fraction of sp³-hybridized carbons (Fsp3) is 0.350. The highest BCUT2D eigenvalue weighted by Crippen LogP contribution is 2.22. The van der Waals surface area contributed by atoms with Gasteiger partial charge in [-0.25, -0.2) is 8.42 Å². The van der Waals surface area contributed by atoms with Crippen LogP contribution in [0.15, 0.2) is 47.4 Å². The van der Waals surface area contributed by atoms with Crippen LogP contribution in [0.25, 0.3) is 11.0 Å². The van der Waals surface area contributed by atoms with Crippen LogP contribution in [0.2, 0.25) is 5.02 Å². The Labute approximate surface area is 190 Å². The predicted molar refractivity (Wildman–Crippen MR) is 121 cm³/mol. The molecule has 0 spiro atoms. The summed E-state index contributed by atoms with van der Waals surface area (Å²) in [6.07, 6.45) is 0. The monoisotopic (exact) mass is 482 g/mol. The Hall–Kier alpha value is -2.27. The largest absolute Gasteiger partial charge is 0.492 e. The molecule has 166 valence electrons. The van der Waals surface area contributed by atoms with Crippen LogP contribution in [0.4, 0.5) is 0 Å². The Morgan fingerprint density at radius 1 is 1.19 bits per heavy atom. The maximum atomic E-state index is 13.0. The van der Waals surface area contributed by atoms with Crippen LogP contribution < -0.4 is 9.46 Å². The number of carbonyl (C=O) groups is 1. The molecule has 0 bridgehead atoms. The molecule has 8 nitrogen and oxygen atoms in total. The molecular weight excluding hydrogens is 460 g/mol. The van der Waals surface area contributed by atoms with Crippen LogP contribution in [-0.4, -0.2) is 54.2 Å². The lowest BCUT2D eigenvalue weighted by Gasteiger charge is -2.27. The van der Waals surface area contributed by atoms with Gasteiger partial charge in [0.25, 0.3) is 0 Å². The molecule has 1 N–H and O–H groups in total. The predicted octanol–water partition coefficient (Wildman–Crippen LogP) is 3.19. The zero-order chi connectivity index (χ0) is 22.6. The fourth-order valence-electron chi connectivity index (χ4n) is 2.88. The van der Waals surface area contributed by atoms with Crippen molar-refractivity contribution in [2.75, 3.05) is 20.2 Å². The summed E-state index contributed by atoms with van der Waals surface area (Å²) in [7, 11) is -2.37. The summed E-state index contributed by atoms with van der Waals surface area (Å²) in [5.74, 6) is 0.0212. The molecule has 1 amide bonds. The van der Waals surface area contributed by atoms with E-state index in [9.17, 15) is 13.2 Å². The Bertz CT molecular complexity index is 1150. The standard InChI is InChI=1S/C20H23ClN4O4S2/c1-13(2)18(20(26)25(3)11-12-29-15-9-7-14(21)8-10-15)24-31(27,28)17-6-4-5-16-19(17)23-30-22-16/h4-10,13,18,24H,11-12H2,1-3H3. The summed E-state index contributed by atoms with van der Waals surface area (Å²) in [5, 5.41) is 0.607. The van der Waals surface area contributed by atoms with Crippen LogP contribution in [0.3, 0.4) is 0 Å². The van der Waals surface area contributed by atoms with Crippen LogP contribution in [0.1, 0.15) is 13.8 Å².